The molecule has 0 fully saturated rings. The number of amides is 1. The summed E-state index contributed by atoms with van der Waals surface area (Å²) in [6, 6.07) is 0. The fourth-order valence-corrected chi connectivity index (χ4v) is 2.75. The molecule has 0 atom stereocenters. The Kier molecular flexibility index (Phi) is 3.31. The zero-order chi connectivity index (χ0) is 16.9. The second-order valence-electron chi connectivity index (χ2n) is 5.42. The molecular weight excluding hydrogens is 302 g/mol. The smallest absolute Gasteiger partial charge is 0.332 e. The van der Waals surface area contributed by atoms with Crippen molar-refractivity contribution >= 4 is 28.7 Å². The van der Waals surface area contributed by atoms with Crippen LogP contribution in [-0.2, 0) is 24.9 Å². The average Bonchev–Trinajstić information content (AvgIpc) is 2.84. The minimum atomic E-state index is -0.568. The summed E-state index contributed by atoms with van der Waals surface area (Å²) in [6.07, 6.45) is 0. The number of imidazole rings is 1. The molecule has 122 valence electrons. The normalized spacial score (nSPS) is 14.0. The average molecular weight is 319 g/mol. The number of hydrogen-bond acceptors (Lipinski definition) is 6. The lowest BCUT2D eigenvalue weighted by atomic mass is 10.3. The standard InChI is InChI=1S/C13H17N7O3/c1-4-18-11(22)9-10(17(3)13(18)23)15-12-19(9)5-7(2)16-20(12)6-8(14)21/h4-6H2,1-3H3,(H2,14,21). The first-order valence-electron chi connectivity index (χ1n) is 7.15. The first kappa shape index (κ1) is 15.0. The SMILES string of the molecule is CCn1c(=O)c2c(nc3n2CC(C)=NN3CC(N)=O)n(C)c1=O. The summed E-state index contributed by atoms with van der Waals surface area (Å²) in [6.45, 7) is 3.98. The van der Waals surface area contributed by atoms with Gasteiger partial charge in [-0.05, 0) is 13.8 Å². The maximum Gasteiger partial charge on any atom is 0.332 e. The number of carbonyl (C=O) groups is 1. The number of aryl methyl sites for hydroxylation is 1. The van der Waals surface area contributed by atoms with Crippen LogP contribution in [0.25, 0.3) is 11.2 Å². The van der Waals surface area contributed by atoms with Crippen LogP contribution in [0.2, 0.25) is 0 Å². The van der Waals surface area contributed by atoms with Crippen LogP contribution in [-0.4, -0.2) is 36.8 Å². The van der Waals surface area contributed by atoms with Gasteiger partial charge >= 0.3 is 5.69 Å². The molecule has 0 spiro atoms. The number of hydrazone groups is 1. The quantitative estimate of drug-likeness (QED) is 0.745. The molecule has 0 radical (unpaired) electrons. The summed E-state index contributed by atoms with van der Waals surface area (Å²) in [4.78, 5) is 40.5. The van der Waals surface area contributed by atoms with Gasteiger partial charge in [-0.15, -0.1) is 0 Å². The van der Waals surface area contributed by atoms with Crippen molar-refractivity contribution in [1.29, 1.82) is 0 Å². The molecule has 10 nitrogen and oxygen atoms in total. The fraction of sp³-hybridized carbons (Fsp3) is 0.462. The van der Waals surface area contributed by atoms with Crippen molar-refractivity contribution < 1.29 is 4.79 Å². The van der Waals surface area contributed by atoms with Gasteiger partial charge in [0, 0.05) is 13.6 Å². The lowest BCUT2D eigenvalue weighted by Crippen LogP contribution is -2.40. The molecular formula is C13H17N7O3. The van der Waals surface area contributed by atoms with Crippen LogP contribution < -0.4 is 22.0 Å². The van der Waals surface area contributed by atoms with E-state index < -0.39 is 17.2 Å². The Balaban J connectivity index is 2.37. The number of nitrogens with zero attached hydrogens (tertiary/aromatic N) is 6. The fourth-order valence-electron chi connectivity index (χ4n) is 2.75. The number of hydrogen-bond donors (Lipinski definition) is 1. The molecule has 0 aliphatic carbocycles. The molecule has 23 heavy (non-hydrogen) atoms. The van der Waals surface area contributed by atoms with Gasteiger partial charge in [-0.3, -0.25) is 23.3 Å². The first-order valence-corrected chi connectivity index (χ1v) is 7.15. The maximum atomic E-state index is 12.6. The van der Waals surface area contributed by atoms with Gasteiger partial charge in [-0.2, -0.15) is 10.1 Å². The third kappa shape index (κ3) is 2.14. The Bertz CT molecular complexity index is 963. The Labute approximate surface area is 130 Å². The second-order valence-corrected chi connectivity index (χ2v) is 5.42. The van der Waals surface area contributed by atoms with Gasteiger partial charge in [-0.25, -0.2) is 9.80 Å². The summed E-state index contributed by atoms with van der Waals surface area (Å²) < 4.78 is 4.13. The number of fused-ring (bicyclic) bond motifs is 3. The van der Waals surface area contributed by atoms with E-state index in [1.807, 2.05) is 0 Å². The van der Waals surface area contributed by atoms with Crippen LogP contribution in [0.4, 0.5) is 5.95 Å². The van der Waals surface area contributed by atoms with E-state index in [0.717, 1.165) is 4.57 Å². The highest BCUT2D eigenvalue weighted by atomic mass is 16.2. The molecule has 0 aromatic carbocycles. The molecule has 0 bridgehead atoms. The molecule has 10 heteroatoms. The van der Waals surface area contributed by atoms with Crippen molar-refractivity contribution in [2.24, 2.45) is 17.9 Å². The second kappa shape index (κ2) is 5.07. The van der Waals surface area contributed by atoms with Gasteiger partial charge in [0.2, 0.25) is 11.9 Å². The molecule has 2 aromatic rings. The molecule has 1 amide bonds. The Morgan fingerprint density at radius 3 is 2.65 bits per heavy atom. The van der Waals surface area contributed by atoms with E-state index in [-0.39, 0.29) is 18.7 Å². The Morgan fingerprint density at radius 1 is 1.35 bits per heavy atom. The van der Waals surface area contributed by atoms with Crippen molar-refractivity contribution in [1.82, 2.24) is 18.7 Å². The van der Waals surface area contributed by atoms with Gasteiger partial charge in [-0.1, -0.05) is 0 Å². The van der Waals surface area contributed by atoms with Gasteiger partial charge < -0.3 is 5.73 Å². The molecule has 0 saturated heterocycles. The molecule has 1 aliphatic rings. The van der Waals surface area contributed by atoms with Crippen molar-refractivity contribution in [3.05, 3.63) is 20.8 Å². The molecule has 3 heterocycles. The van der Waals surface area contributed by atoms with E-state index >= 15 is 0 Å². The van der Waals surface area contributed by atoms with Crippen molar-refractivity contribution in [2.75, 3.05) is 11.6 Å². The zero-order valence-electron chi connectivity index (χ0n) is 13.1. The molecule has 2 aromatic heterocycles. The van der Waals surface area contributed by atoms with Crippen molar-refractivity contribution in [2.45, 2.75) is 26.9 Å². The van der Waals surface area contributed by atoms with Crippen LogP contribution in [0.5, 0.6) is 0 Å². The number of aromatic nitrogens is 4. The van der Waals surface area contributed by atoms with Gasteiger partial charge in [0.05, 0.1) is 12.3 Å². The summed E-state index contributed by atoms with van der Waals surface area (Å²) in [5.74, 6) is -0.243. The van der Waals surface area contributed by atoms with E-state index in [1.165, 1.54) is 9.58 Å². The molecule has 2 N–H and O–H groups in total. The largest absolute Gasteiger partial charge is 0.368 e. The van der Waals surface area contributed by atoms with Gasteiger partial charge in [0.25, 0.3) is 5.56 Å². The van der Waals surface area contributed by atoms with E-state index in [2.05, 4.69) is 10.1 Å². The zero-order valence-corrected chi connectivity index (χ0v) is 13.1. The van der Waals surface area contributed by atoms with Crippen molar-refractivity contribution in [3.63, 3.8) is 0 Å². The lowest BCUT2D eigenvalue weighted by Gasteiger charge is -2.23. The number of nitrogens with two attached hydrogens (primary N) is 1. The monoisotopic (exact) mass is 319 g/mol. The van der Waals surface area contributed by atoms with Crippen molar-refractivity contribution in [3.8, 4) is 0 Å². The van der Waals surface area contributed by atoms with Crippen LogP contribution in [0.1, 0.15) is 13.8 Å². The first-order chi connectivity index (χ1) is 10.8. The predicted molar refractivity (Wildman–Crippen MR) is 84.6 cm³/mol. The topological polar surface area (TPSA) is 121 Å². The third-order valence-electron chi connectivity index (χ3n) is 3.74. The number of anilines is 1. The highest BCUT2D eigenvalue weighted by Gasteiger charge is 2.26. The summed E-state index contributed by atoms with van der Waals surface area (Å²) in [5, 5.41) is 5.60. The molecule has 3 rings (SSSR count). The summed E-state index contributed by atoms with van der Waals surface area (Å²) in [5.41, 5.74) is 5.68. The highest BCUT2D eigenvalue weighted by molar-refractivity contribution is 5.89. The molecule has 0 saturated carbocycles. The minimum Gasteiger partial charge on any atom is -0.368 e. The van der Waals surface area contributed by atoms with Crippen LogP contribution in [0.3, 0.4) is 0 Å². The molecule has 0 unspecified atom stereocenters. The number of carbonyl (C=O) groups excluding carboxylic acids is 1. The van der Waals surface area contributed by atoms with Gasteiger partial charge in [0.15, 0.2) is 11.2 Å². The number of rotatable bonds is 3. The number of primary amides is 1. The summed E-state index contributed by atoms with van der Waals surface area (Å²) in [7, 11) is 1.56. The van der Waals surface area contributed by atoms with E-state index in [4.69, 9.17) is 5.73 Å². The molecule has 1 aliphatic heterocycles. The van der Waals surface area contributed by atoms with Crippen LogP contribution in [0.15, 0.2) is 14.7 Å². The Morgan fingerprint density at radius 2 is 2.04 bits per heavy atom. The maximum absolute atomic E-state index is 12.6. The predicted octanol–water partition coefficient (Wildman–Crippen LogP) is -1.40. The van der Waals surface area contributed by atoms with E-state index in [0.29, 0.717) is 23.7 Å². The third-order valence-corrected chi connectivity index (χ3v) is 3.74. The van der Waals surface area contributed by atoms with E-state index in [9.17, 15) is 14.4 Å². The van der Waals surface area contributed by atoms with E-state index in [1.54, 1.807) is 25.5 Å². The van der Waals surface area contributed by atoms with Crippen LogP contribution in [0, 0.1) is 0 Å². The van der Waals surface area contributed by atoms with Crippen LogP contribution >= 0.6 is 0 Å². The summed E-state index contributed by atoms with van der Waals surface area (Å²) >= 11 is 0. The Hall–Kier alpha value is -2.91. The highest BCUT2D eigenvalue weighted by Crippen LogP contribution is 2.23. The lowest BCUT2D eigenvalue weighted by molar-refractivity contribution is -0.116. The van der Waals surface area contributed by atoms with Gasteiger partial charge in [0.1, 0.15) is 6.54 Å². The minimum absolute atomic E-state index is 0.156.